The molecule has 9 nitrogen and oxygen atoms in total. The fourth-order valence-electron chi connectivity index (χ4n) is 3.81. The number of hydrogen-bond donors (Lipinski definition) is 0. The molecule has 1 fully saturated rings. The standard InChI is InChI=1S/C21H23N9/c1-14-12-18(30-21(25-14)23-13-24-30)28-8-10-29(11-9-28)20-15(2)16(3)26-19(27-20)17-6-4-5-7-22-17/h4-7,12-13H,8-11H2,1-3H3. The zero-order valence-electron chi connectivity index (χ0n) is 17.3. The zero-order valence-corrected chi connectivity index (χ0v) is 17.3. The summed E-state index contributed by atoms with van der Waals surface area (Å²) < 4.78 is 1.81. The number of aromatic nitrogens is 7. The second kappa shape index (κ2) is 7.33. The third kappa shape index (κ3) is 3.22. The number of rotatable bonds is 3. The van der Waals surface area contributed by atoms with Gasteiger partial charge in [0.25, 0.3) is 5.78 Å². The number of fused-ring (bicyclic) bond motifs is 1. The number of anilines is 2. The summed E-state index contributed by atoms with van der Waals surface area (Å²) in [7, 11) is 0. The van der Waals surface area contributed by atoms with Crippen LogP contribution in [-0.2, 0) is 0 Å². The Morgan fingerprint density at radius 2 is 1.67 bits per heavy atom. The third-order valence-corrected chi connectivity index (χ3v) is 5.52. The minimum Gasteiger partial charge on any atom is -0.353 e. The van der Waals surface area contributed by atoms with Gasteiger partial charge in [0.1, 0.15) is 23.7 Å². The number of piperazine rings is 1. The van der Waals surface area contributed by atoms with E-state index in [1.54, 1.807) is 12.5 Å². The van der Waals surface area contributed by atoms with E-state index in [-0.39, 0.29) is 0 Å². The highest BCUT2D eigenvalue weighted by atomic mass is 15.4. The molecule has 30 heavy (non-hydrogen) atoms. The molecule has 0 unspecified atom stereocenters. The highest BCUT2D eigenvalue weighted by Crippen LogP contribution is 2.26. The van der Waals surface area contributed by atoms with Crippen LogP contribution < -0.4 is 9.80 Å². The van der Waals surface area contributed by atoms with E-state index in [9.17, 15) is 0 Å². The van der Waals surface area contributed by atoms with E-state index in [2.05, 4.69) is 47.8 Å². The first-order valence-corrected chi connectivity index (χ1v) is 10.0. The minimum absolute atomic E-state index is 0.634. The molecule has 0 atom stereocenters. The van der Waals surface area contributed by atoms with E-state index >= 15 is 0 Å². The Bertz CT molecular complexity index is 1190. The summed E-state index contributed by atoms with van der Waals surface area (Å²) in [6.07, 6.45) is 3.32. The Kier molecular flexibility index (Phi) is 4.50. The van der Waals surface area contributed by atoms with E-state index in [0.717, 1.165) is 60.5 Å². The molecule has 0 N–H and O–H groups in total. The number of nitrogens with zero attached hydrogens (tertiary/aromatic N) is 9. The smallest absolute Gasteiger partial charge is 0.254 e. The number of aryl methyl sites for hydroxylation is 2. The van der Waals surface area contributed by atoms with Crippen LogP contribution in [0.5, 0.6) is 0 Å². The maximum absolute atomic E-state index is 4.88. The van der Waals surface area contributed by atoms with Crippen molar-refractivity contribution in [2.24, 2.45) is 0 Å². The van der Waals surface area contributed by atoms with Crippen LogP contribution in [0.3, 0.4) is 0 Å². The second-order valence-corrected chi connectivity index (χ2v) is 7.50. The Labute approximate surface area is 174 Å². The van der Waals surface area contributed by atoms with Crippen LogP contribution >= 0.6 is 0 Å². The maximum Gasteiger partial charge on any atom is 0.254 e. The molecule has 0 spiro atoms. The molecule has 4 aromatic rings. The quantitative estimate of drug-likeness (QED) is 0.516. The lowest BCUT2D eigenvalue weighted by molar-refractivity contribution is 0.631. The largest absolute Gasteiger partial charge is 0.353 e. The van der Waals surface area contributed by atoms with Gasteiger partial charge in [-0.05, 0) is 32.9 Å². The van der Waals surface area contributed by atoms with Gasteiger partial charge < -0.3 is 9.80 Å². The van der Waals surface area contributed by atoms with Crippen LogP contribution in [-0.4, -0.2) is 60.7 Å². The van der Waals surface area contributed by atoms with Crippen LogP contribution in [0.2, 0.25) is 0 Å². The molecule has 9 heteroatoms. The summed E-state index contributed by atoms with van der Waals surface area (Å²) >= 11 is 0. The fraction of sp³-hybridized carbons (Fsp3) is 0.333. The molecule has 0 saturated carbocycles. The van der Waals surface area contributed by atoms with E-state index in [1.807, 2.05) is 36.6 Å². The van der Waals surface area contributed by atoms with Crippen molar-refractivity contribution < 1.29 is 0 Å². The van der Waals surface area contributed by atoms with E-state index < -0.39 is 0 Å². The van der Waals surface area contributed by atoms with Crippen molar-refractivity contribution in [1.29, 1.82) is 0 Å². The summed E-state index contributed by atoms with van der Waals surface area (Å²) in [5.41, 5.74) is 3.83. The lowest BCUT2D eigenvalue weighted by Gasteiger charge is -2.37. The van der Waals surface area contributed by atoms with Crippen molar-refractivity contribution in [3.05, 3.63) is 53.7 Å². The normalized spacial score (nSPS) is 14.5. The van der Waals surface area contributed by atoms with Gasteiger partial charge in [-0.15, -0.1) is 0 Å². The Balaban J connectivity index is 1.42. The molecule has 1 aliphatic heterocycles. The van der Waals surface area contributed by atoms with E-state index in [0.29, 0.717) is 11.6 Å². The first-order chi connectivity index (χ1) is 14.6. The van der Waals surface area contributed by atoms with Gasteiger partial charge in [0, 0.05) is 55.4 Å². The highest BCUT2D eigenvalue weighted by Gasteiger charge is 2.23. The molecule has 0 amide bonds. The lowest BCUT2D eigenvalue weighted by atomic mass is 10.2. The van der Waals surface area contributed by atoms with Gasteiger partial charge in [-0.3, -0.25) is 4.98 Å². The molecule has 5 heterocycles. The monoisotopic (exact) mass is 401 g/mol. The summed E-state index contributed by atoms with van der Waals surface area (Å²) in [6, 6.07) is 7.87. The van der Waals surface area contributed by atoms with Crippen LogP contribution in [0.4, 0.5) is 11.6 Å². The molecule has 0 aromatic carbocycles. The van der Waals surface area contributed by atoms with Gasteiger partial charge in [-0.2, -0.15) is 14.6 Å². The molecule has 1 aliphatic rings. The van der Waals surface area contributed by atoms with Crippen molar-refractivity contribution in [2.45, 2.75) is 20.8 Å². The summed E-state index contributed by atoms with van der Waals surface area (Å²) in [5.74, 6) is 3.32. The lowest BCUT2D eigenvalue weighted by Crippen LogP contribution is -2.47. The van der Waals surface area contributed by atoms with Crippen molar-refractivity contribution in [3.63, 3.8) is 0 Å². The van der Waals surface area contributed by atoms with Crippen molar-refractivity contribution >= 4 is 17.4 Å². The number of hydrogen-bond acceptors (Lipinski definition) is 8. The first-order valence-electron chi connectivity index (χ1n) is 10.0. The predicted octanol–water partition coefficient (Wildman–Crippen LogP) is 2.23. The summed E-state index contributed by atoms with van der Waals surface area (Å²) in [6.45, 7) is 9.54. The van der Waals surface area contributed by atoms with Crippen LogP contribution in [0.25, 0.3) is 17.3 Å². The van der Waals surface area contributed by atoms with Gasteiger partial charge in [-0.1, -0.05) is 6.07 Å². The predicted molar refractivity (Wildman–Crippen MR) is 115 cm³/mol. The van der Waals surface area contributed by atoms with Gasteiger partial charge >= 0.3 is 0 Å². The average molecular weight is 401 g/mol. The number of pyridine rings is 1. The van der Waals surface area contributed by atoms with Crippen LogP contribution in [0.15, 0.2) is 36.8 Å². The first kappa shape index (κ1) is 18.4. The van der Waals surface area contributed by atoms with E-state index in [4.69, 9.17) is 4.98 Å². The maximum atomic E-state index is 4.88. The molecule has 4 aromatic heterocycles. The summed E-state index contributed by atoms with van der Waals surface area (Å²) in [5, 5.41) is 4.34. The van der Waals surface area contributed by atoms with E-state index in [1.165, 1.54) is 0 Å². The highest BCUT2D eigenvalue weighted by molar-refractivity contribution is 5.58. The molecule has 0 bridgehead atoms. The topological polar surface area (TPSA) is 88.2 Å². The minimum atomic E-state index is 0.634. The van der Waals surface area contributed by atoms with Gasteiger partial charge in [0.2, 0.25) is 0 Å². The van der Waals surface area contributed by atoms with Crippen LogP contribution in [0.1, 0.15) is 17.0 Å². The van der Waals surface area contributed by atoms with Gasteiger partial charge in [-0.25, -0.2) is 15.0 Å². The second-order valence-electron chi connectivity index (χ2n) is 7.50. The zero-order chi connectivity index (χ0) is 20.7. The Morgan fingerprint density at radius 1 is 0.867 bits per heavy atom. The van der Waals surface area contributed by atoms with Gasteiger partial charge in [0.05, 0.1) is 0 Å². The Hall–Kier alpha value is -3.62. The van der Waals surface area contributed by atoms with Crippen molar-refractivity contribution in [1.82, 2.24) is 34.5 Å². The van der Waals surface area contributed by atoms with Crippen molar-refractivity contribution in [3.8, 4) is 11.5 Å². The fourth-order valence-corrected chi connectivity index (χ4v) is 3.81. The molecular formula is C21H23N9. The SMILES string of the molecule is Cc1cc(N2CCN(c3nc(-c4ccccn4)nc(C)c3C)CC2)n2ncnc2n1. The Morgan fingerprint density at radius 3 is 2.43 bits per heavy atom. The molecule has 1 saturated heterocycles. The third-order valence-electron chi connectivity index (χ3n) is 5.52. The van der Waals surface area contributed by atoms with Gasteiger partial charge in [0.15, 0.2) is 5.82 Å². The molecule has 0 radical (unpaired) electrons. The molecule has 152 valence electrons. The molecule has 5 rings (SSSR count). The summed E-state index contributed by atoms with van der Waals surface area (Å²) in [4.78, 5) is 27.3. The molecule has 0 aliphatic carbocycles. The van der Waals surface area contributed by atoms with Crippen molar-refractivity contribution in [2.75, 3.05) is 36.0 Å². The average Bonchev–Trinajstić information content (AvgIpc) is 3.24. The molecular weight excluding hydrogens is 378 g/mol. The van der Waals surface area contributed by atoms with Crippen LogP contribution in [0, 0.1) is 20.8 Å².